The van der Waals surface area contributed by atoms with Gasteiger partial charge >= 0.3 is 5.97 Å². The van der Waals surface area contributed by atoms with Crippen molar-refractivity contribution in [3.63, 3.8) is 0 Å². The van der Waals surface area contributed by atoms with Crippen LogP contribution >= 0.6 is 0 Å². The van der Waals surface area contributed by atoms with Gasteiger partial charge in [-0.1, -0.05) is 0 Å². The quantitative estimate of drug-likeness (QED) is 0.858. The van der Waals surface area contributed by atoms with Crippen LogP contribution in [-0.2, 0) is 14.2 Å². The molecule has 120 valence electrons. The first-order valence-electron chi connectivity index (χ1n) is 7.83. The molecule has 2 atom stereocenters. The summed E-state index contributed by atoms with van der Waals surface area (Å²) in [6.45, 7) is 4.25. The number of esters is 1. The van der Waals surface area contributed by atoms with Gasteiger partial charge in [0.15, 0.2) is 0 Å². The van der Waals surface area contributed by atoms with Crippen molar-refractivity contribution in [3.05, 3.63) is 23.9 Å². The Bertz CT molecular complexity index is 529. The number of nitrogens with one attached hydrogen (secondary N) is 1. The third-order valence-corrected chi connectivity index (χ3v) is 4.20. The van der Waals surface area contributed by atoms with Gasteiger partial charge in [0.2, 0.25) is 0 Å². The lowest BCUT2D eigenvalue weighted by Crippen LogP contribution is -2.45. The molecule has 1 N–H and O–H groups in total. The van der Waals surface area contributed by atoms with E-state index in [9.17, 15) is 4.79 Å². The highest BCUT2D eigenvalue weighted by atomic mass is 16.6. The largest absolute Gasteiger partial charge is 0.462 e. The third-order valence-electron chi connectivity index (χ3n) is 4.20. The number of pyridine rings is 1. The molecule has 1 spiro atoms. The lowest BCUT2D eigenvalue weighted by atomic mass is 9.89. The van der Waals surface area contributed by atoms with E-state index in [-0.39, 0.29) is 17.6 Å². The molecule has 2 aliphatic heterocycles. The van der Waals surface area contributed by atoms with Crippen molar-refractivity contribution in [1.82, 2.24) is 4.98 Å². The standard InChI is InChI=1S/C16H22N2O4/c1-2-21-15(19)13-4-3-7-17-14(13)18-12-5-8-22-16(10-12)6-9-20-11-16/h3-4,7,12H,2,5-6,8-11H2,1H3,(H,17,18). The summed E-state index contributed by atoms with van der Waals surface area (Å²) in [5.41, 5.74) is 0.307. The molecule has 0 aliphatic carbocycles. The minimum Gasteiger partial charge on any atom is -0.462 e. The van der Waals surface area contributed by atoms with E-state index >= 15 is 0 Å². The van der Waals surface area contributed by atoms with Gasteiger partial charge in [0.1, 0.15) is 11.4 Å². The summed E-state index contributed by atoms with van der Waals surface area (Å²) < 4.78 is 16.5. The van der Waals surface area contributed by atoms with Crippen molar-refractivity contribution in [3.8, 4) is 0 Å². The fourth-order valence-corrected chi connectivity index (χ4v) is 3.10. The van der Waals surface area contributed by atoms with Gasteiger partial charge in [-0.25, -0.2) is 9.78 Å². The molecule has 0 radical (unpaired) electrons. The number of carbonyl (C=O) groups excluding carboxylic acids is 1. The maximum absolute atomic E-state index is 12.0. The average Bonchev–Trinajstić information content (AvgIpc) is 2.96. The summed E-state index contributed by atoms with van der Waals surface area (Å²) in [4.78, 5) is 16.3. The summed E-state index contributed by atoms with van der Waals surface area (Å²) >= 11 is 0. The first-order valence-corrected chi connectivity index (χ1v) is 7.83. The molecular weight excluding hydrogens is 284 g/mol. The fraction of sp³-hybridized carbons (Fsp3) is 0.625. The van der Waals surface area contributed by atoms with E-state index < -0.39 is 0 Å². The Labute approximate surface area is 130 Å². The van der Waals surface area contributed by atoms with Gasteiger partial charge in [0.05, 0.1) is 18.8 Å². The van der Waals surface area contributed by atoms with Gasteiger partial charge < -0.3 is 19.5 Å². The number of nitrogens with zero attached hydrogens (tertiary/aromatic N) is 1. The number of rotatable bonds is 4. The summed E-state index contributed by atoms with van der Waals surface area (Å²) in [6, 6.07) is 3.70. The number of hydrogen-bond acceptors (Lipinski definition) is 6. The van der Waals surface area contributed by atoms with Crippen molar-refractivity contribution < 1.29 is 19.0 Å². The van der Waals surface area contributed by atoms with Crippen molar-refractivity contribution in [1.29, 1.82) is 0 Å². The fourth-order valence-electron chi connectivity index (χ4n) is 3.10. The van der Waals surface area contributed by atoms with E-state index in [2.05, 4.69) is 10.3 Å². The number of anilines is 1. The Kier molecular flexibility index (Phi) is 4.59. The zero-order chi connectivity index (χ0) is 15.4. The molecular formula is C16H22N2O4. The molecule has 6 heteroatoms. The molecule has 0 amide bonds. The number of aromatic nitrogens is 1. The summed E-state index contributed by atoms with van der Waals surface area (Å²) in [5.74, 6) is 0.242. The molecule has 1 aromatic rings. The number of ether oxygens (including phenoxy) is 3. The second kappa shape index (κ2) is 6.62. The second-order valence-corrected chi connectivity index (χ2v) is 5.79. The zero-order valence-electron chi connectivity index (χ0n) is 12.8. The topological polar surface area (TPSA) is 69.7 Å². The first kappa shape index (κ1) is 15.2. The van der Waals surface area contributed by atoms with Crippen molar-refractivity contribution in [2.45, 2.75) is 37.8 Å². The Morgan fingerprint density at radius 3 is 3.23 bits per heavy atom. The second-order valence-electron chi connectivity index (χ2n) is 5.79. The van der Waals surface area contributed by atoms with E-state index in [0.717, 1.165) is 25.9 Å². The highest BCUT2D eigenvalue weighted by Gasteiger charge is 2.41. The highest BCUT2D eigenvalue weighted by Crippen LogP contribution is 2.34. The Hall–Kier alpha value is -1.66. The van der Waals surface area contributed by atoms with Gasteiger partial charge in [-0.05, 0) is 31.9 Å². The van der Waals surface area contributed by atoms with Crippen LogP contribution in [0.3, 0.4) is 0 Å². The van der Waals surface area contributed by atoms with Crippen LogP contribution in [0.4, 0.5) is 5.82 Å². The van der Waals surface area contributed by atoms with Gasteiger partial charge in [-0.3, -0.25) is 0 Å². The maximum atomic E-state index is 12.0. The summed E-state index contributed by atoms with van der Waals surface area (Å²) in [5, 5.41) is 3.39. The zero-order valence-corrected chi connectivity index (χ0v) is 12.8. The SMILES string of the molecule is CCOC(=O)c1cccnc1NC1CCOC2(CCOC2)C1. The van der Waals surface area contributed by atoms with Crippen LogP contribution in [0.25, 0.3) is 0 Å². The minimum atomic E-state index is -0.343. The summed E-state index contributed by atoms with van der Waals surface area (Å²) in [6.07, 6.45) is 4.36. The van der Waals surface area contributed by atoms with Gasteiger partial charge in [0, 0.05) is 31.9 Å². The molecule has 1 aromatic heterocycles. The lowest BCUT2D eigenvalue weighted by molar-refractivity contribution is -0.0829. The average molecular weight is 306 g/mol. The molecule has 2 saturated heterocycles. The van der Waals surface area contributed by atoms with Crippen LogP contribution in [0.15, 0.2) is 18.3 Å². The van der Waals surface area contributed by atoms with Crippen LogP contribution in [0.2, 0.25) is 0 Å². The molecule has 0 saturated carbocycles. The van der Waals surface area contributed by atoms with Crippen LogP contribution in [0.1, 0.15) is 36.5 Å². The van der Waals surface area contributed by atoms with E-state index in [0.29, 0.717) is 31.2 Å². The molecule has 6 nitrogen and oxygen atoms in total. The number of carbonyl (C=O) groups is 1. The molecule has 2 aliphatic rings. The Balaban J connectivity index is 1.71. The summed E-state index contributed by atoms with van der Waals surface area (Å²) in [7, 11) is 0. The molecule has 3 heterocycles. The molecule has 3 rings (SSSR count). The number of hydrogen-bond donors (Lipinski definition) is 1. The Morgan fingerprint density at radius 1 is 1.55 bits per heavy atom. The van der Waals surface area contributed by atoms with Gasteiger partial charge in [-0.15, -0.1) is 0 Å². The molecule has 0 bridgehead atoms. The molecule has 2 unspecified atom stereocenters. The predicted molar refractivity (Wildman–Crippen MR) is 81.0 cm³/mol. The van der Waals surface area contributed by atoms with Gasteiger partial charge in [0.25, 0.3) is 0 Å². The van der Waals surface area contributed by atoms with Crippen LogP contribution in [0, 0.1) is 0 Å². The predicted octanol–water partition coefficient (Wildman–Crippen LogP) is 2.01. The maximum Gasteiger partial charge on any atom is 0.341 e. The lowest BCUT2D eigenvalue weighted by Gasteiger charge is -2.37. The van der Waals surface area contributed by atoms with E-state index in [1.807, 2.05) is 0 Å². The highest BCUT2D eigenvalue weighted by molar-refractivity contribution is 5.94. The first-order chi connectivity index (χ1) is 10.7. The third kappa shape index (κ3) is 3.23. The van der Waals surface area contributed by atoms with Gasteiger partial charge in [-0.2, -0.15) is 0 Å². The normalized spacial score (nSPS) is 27.8. The van der Waals surface area contributed by atoms with E-state index in [4.69, 9.17) is 14.2 Å². The van der Waals surface area contributed by atoms with E-state index in [1.165, 1.54) is 0 Å². The van der Waals surface area contributed by atoms with Crippen LogP contribution < -0.4 is 5.32 Å². The minimum absolute atomic E-state index is 0.172. The van der Waals surface area contributed by atoms with Crippen molar-refractivity contribution >= 4 is 11.8 Å². The molecule has 22 heavy (non-hydrogen) atoms. The van der Waals surface area contributed by atoms with Crippen molar-refractivity contribution in [2.24, 2.45) is 0 Å². The van der Waals surface area contributed by atoms with Crippen LogP contribution in [0.5, 0.6) is 0 Å². The smallest absolute Gasteiger partial charge is 0.341 e. The van der Waals surface area contributed by atoms with E-state index in [1.54, 1.807) is 25.3 Å². The monoisotopic (exact) mass is 306 g/mol. The molecule has 0 aromatic carbocycles. The molecule has 2 fully saturated rings. The van der Waals surface area contributed by atoms with Crippen LogP contribution in [-0.4, -0.2) is 49.0 Å². The Morgan fingerprint density at radius 2 is 2.45 bits per heavy atom. The van der Waals surface area contributed by atoms with Crippen molar-refractivity contribution in [2.75, 3.05) is 31.7 Å².